The Morgan fingerprint density at radius 2 is 2.00 bits per heavy atom. The van der Waals surface area contributed by atoms with Crippen LogP contribution in [0.3, 0.4) is 0 Å². The second kappa shape index (κ2) is 7.52. The molecule has 7 heteroatoms. The summed E-state index contributed by atoms with van der Waals surface area (Å²) in [4.78, 5) is 28.4. The Bertz CT molecular complexity index is 940. The SMILES string of the molecule is C=CCc1c(C)nc(-c2cnccn2)nc1Nc1ccc(C(=O)O)cc1. The summed E-state index contributed by atoms with van der Waals surface area (Å²) < 4.78 is 0. The number of carbonyl (C=O) groups is 1. The van der Waals surface area contributed by atoms with E-state index in [0.29, 0.717) is 23.8 Å². The van der Waals surface area contributed by atoms with Gasteiger partial charge in [-0.1, -0.05) is 6.08 Å². The fraction of sp³-hybridized carbons (Fsp3) is 0.105. The third-order valence-electron chi connectivity index (χ3n) is 3.75. The van der Waals surface area contributed by atoms with E-state index in [1.807, 2.05) is 6.92 Å². The molecule has 0 saturated heterocycles. The Labute approximate surface area is 150 Å². The summed E-state index contributed by atoms with van der Waals surface area (Å²) in [6, 6.07) is 6.46. The van der Waals surface area contributed by atoms with Gasteiger partial charge in [0.2, 0.25) is 0 Å². The van der Waals surface area contributed by atoms with Gasteiger partial charge >= 0.3 is 5.97 Å². The number of aryl methyl sites for hydroxylation is 1. The first-order valence-electron chi connectivity index (χ1n) is 7.93. The van der Waals surface area contributed by atoms with Crippen LogP contribution < -0.4 is 5.32 Å². The van der Waals surface area contributed by atoms with Crippen molar-refractivity contribution in [3.05, 3.63) is 72.3 Å². The molecular formula is C19H17N5O2. The molecule has 3 rings (SSSR count). The number of allylic oxidation sites excluding steroid dienone is 1. The summed E-state index contributed by atoms with van der Waals surface area (Å²) >= 11 is 0. The van der Waals surface area contributed by atoms with Crippen molar-refractivity contribution in [3.63, 3.8) is 0 Å². The van der Waals surface area contributed by atoms with Crippen molar-refractivity contribution in [1.82, 2.24) is 19.9 Å². The molecule has 0 aliphatic heterocycles. The maximum atomic E-state index is 11.0. The minimum absolute atomic E-state index is 0.223. The van der Waals surface area contributed by atoms with E-state index in [4.69, 9.17) is 5.11 Å². The smallest absolute Gasteiger partial charge is 0.335 e. The molecule has 0 unspecified atom stereocenters. The number of hydrogen-bond acceptors (Lipinski definition) is 6. The first-order valence-corrected chi connectivity index (χ1v) is 7.93. The number of aromatic nitrogens is 4. The molecule has 7 nitrogen and oxygen atoms in total. The molecule has 0 aliphatic carbocycles. The van der Waals surface area contributed by atoms with Gasteiger partial charge in [0.25, 0.3) is 0 Å². The van der Waals surface area contributed by atoms with E-state index in [2.05, 4.69) is 31.8 Å². The highest BCUT2D eigenvalue weighted by atomic mass is 16.4. The summed E-state index contributed by atoms with van der Waals surface area (Å²) in [5.41, 5.74) is 3.25. The van der Waals surface area contributed by atoms with Crippen molar-refractivity contribution in [2.24, 2.45) is 0 Å². The van der Waals surface area contributed by atoms with Gasteiger partial charge in [0.05, 0.1) is 11.8 Å². The molecule has 0 atom stereocenters. The number of nitrogens with one attached hydrogen (secondary N) is 1. The lowest BCUT2D eigenvalue weighted by molar-refractivity contribution is 0.0697. The van der Waals surface area contributed by atoms with Gasteiger partial charge in [-0.05, 0) is 37.6 Å². The number of aromatic carboxylic acids is 1. The normalized spacial score (nSPS) is 10.3. The summed E-state index contributed by atoms with van der Waals surface area (Å²) in [7, 11) is 0. The second-order valence-electron chi connectivity index (χ2n) is 5.55. The van der Waals surface area contributed by atoms with Crippen LogP contribution in [0.1, 0.15) is 21.6 Å². The van der Waals surface area contributed by atoms with Crippen molar-refractivity contribution in [3.8, 4) is 11.5 Å². The van der Waals surface area contributed by atoms with Gasteiger partial charge in [0.15, 0.2) is 5.82 Å². The van der Waals surface area contributed by atoms with Crippen LogP contribution in [0.15, 0.2) is 55.5 Å². The first kappa shape index (κ1) is 17.2. The van der Waals surface area contributed by atoms with Crippen molar-refractivity contribution < 1.29 is 9.90 Å². The van der Waals surface area contributed by atoms with Crippen LogP contribution in [0.2, 0.25) is 0 Å². The average Bonchev–Trinajstić information content (AvgIpc) is 2.65. The number of anilines is 2. The van der Waals surface area contributed by atoms with Crippen molar-refractivity contribution >= 4 is 17.5 Å². The maximum Gasteiger partial charge on any atom is 0.335 e. The lowest BCUT2D eigenvalue weighted by Gasteiger charge is -2.14. The third kappa shape index (κ3) is 3.72. The standard InChI is InChI=1S/C19H17N5O2/c1-3-4-15-12(2)22-18(16-11-20-9-10-21-16)24-17(15)23-14-7-5-13(6-8-14)19(25)26/h3,5-11H,1,4H2,2H3,(H,25,26)(H,22,23,24). The van der Waals surface area contributed by atoms with E-state index in [0.717, 1.165) is 16.9 Å². The van der Waals surface area contributed by atoms with Crippen LogP contribution in [0.5, 0.6) is 0 Å². The van der Waals surface area contributed by atoms with E-state index in [1.165, 1.54) is 12.1 Å². The number of benzene rings is 1. The van der Waals surface area contributed by atoms with Crippen molar-refractivity contribution in [1.29, 1.82) is 0 Å². The second-order valence-corrected chi connectivity index (χ2v) is 5.55. The molecule has 2 heterocycles. The van der Waals surface area contributed by atoms with Crippen LogP contribution in [0, 0.1) is 6.92 Å². The molecule has 130 valence electrons. The molecule has 0 spiro atoms. The van der Waals surface area contributed by atoms with Gasteiger partial charge in [-0.25, -0.2) is 19.7 Å². The Hall–Kier alpha value is -3.61. The topological polar surface area (TPSA) is 101 Å². The number of carboxylic acid groups (broad SMARTS) is 1. The average molecular weight is 347 g/mol. The van der Waals surface area contributed by atoms with Crippen LogP contribution in [-0.4, -0.2) is 31.0 Å². The zero-order chi connectivity index (χ0) is 18.5. The number of carboxylic acids is 1. The number of rotatable bonds is 6. The van der Waals surface area contributed by atoms with Gasteiger partial charge < -0.3 is 10.4 Å². The van der Waals surface area contributed by atoms with Crippen LogP contribution in [0.4, 0.5) is 11.5 Å². The molecule has 2 N–H and O–H groups in total. The Kier molecular flexibility index (Phi) is 4.98. The monoisotopic (exact) mass is 347 g/mol. The van der Waals surface area contributed by atoms with Gasteiger partial charge in [0, 0.05) is 29.3 Å². The predicted octanol–water partition coefficient (Wildman–Crippen LogP) is 3.41. The molecule has 1 aromatic carbocycles. The zero-order valence-corrected chi connectivity index (χ0v) is 14.2. The zero-order valence-electron chi connectivity index (χ0n) is 14.2. The van der Waals surface area contributed by atoms with E-state index in [1.54, 1.807) is 36.8 Å². The van der Waals surface area contributed by atoms with Crippen LogP contribution in [-0.2, 0) is 6.42 Å². The predicted molar refractivity (Wildman–Crippen MR) is 98.4 cm³/mol. The molecule has 2 aromatic heterocycles. The maximum absolute atomic E-state index is 11.0. The molecule has 0 saturated carbocycles. The number of hydrogen-bond donors (Lipinski definition) is 2. The van der Waals surface area contributed by atoms with Crippen LogP contribution in [0.25, 0.3) is 11.5 Å². The van der Waals surface area contributed by atoms with Gasteiger partial charge in [-0.15, -0.1) is 6.58 Å². The van der Waals surface area contributed by atoms with E-state index < -0.39 is 5.97 Å². The van der Waals surface area contributed by atoms with Gasteiger partial charge in [-0.2, -0.15) is 0 Å². The lowest BCUT2D eigenvalue weighted by Crippen LogP contribution is -2.06. The molecule has 0 amide bonds. The van der Waals surface area contributed by atoms with E-state index in [9.17, 15) is 4.79 Å². The Morgan fingerprint density at radius 3 is 2.62 bits per heavy atom. The molecule has 3 aromatic rings. The molecule has 0 aliphatic rings. The lowest BCUT2D eigenvalue weighted by atomic mass is 10.1. The fourth-order valence-corrected chi connectivity index (χ4v) is 2.45. The van der Waals surface area contributed by atoms with Gasteiger partial charge in [-0.3, -0.25) is 4.98 Å². The third-order valence-corrected chi connectivity index (χ3v) is 3.75. The molecular weight excluding hydrogens is 330 g/mol. The minimum atomic E-state index is -0.966. The van der Waals surface area contributed by atoms with Gasteiger partial charge in [0.1, 0.15) is 11.5 Å². The summed E-state index contributed by atoms with van der Waals surface area (Å²) in [5, 5.41) is 12.2. The molecule has 26 heavy (non-hydrogen) atoms. The first-order chi connectivity index (χ1) is 12.6. The quantitative estimate of drug-likeness (QED) is 0.659. The fourth-order valence-electron chi connectivity index (χ4n) is 2.45. The highest BCUT2D eigenvalue weighted by molar-refractivity contribution is 5.88. The summed E-state index contributed by atoms with van der Waals surface area (Å²) in [6.45, 7) is 5.69. The van der Waals surface area contributed by atoms with Crippen LogP contribution >= 0.6 is 0 Å². The molecule has 0 radical (unpaired) electrons. The Balaban J connectivity index is 2.01. The molecule has 0 fully saturated rings. The number of nitrogens with zero attached hydrogens (tertiary/aromatic N) is 4. The minimum Gasteiger partial charge on any atom is -0.478 e. The largest absolute Gasteiger partial charge is 0.478 e. The van der Waals surface area contributed by atoms with Crippen molar-refractivity contribution in [2.75, 3.05) is 5.32 Å². The summed E-state index contributed by atoms with van der Waals surface area (Å²) in [5.74, 6) is 0.126. The van der Waals surface area contributed by atoms with E-state index in [-0.39, 0.29) is 5.56 Å². The Morgan fingerprint density at radius 1 is 1.23 bits per heavy atom. The van der Waals surface area contributed by atoms with Crippen molar-refractivity contribution in [2.45, 2.75) is 13.3 Å². The summed E-state index contributed by atoms with van der Waals surface area (Å²) in [6.07, 6.45) is 7.16. The molecule has 0 bridgehead atoms. The van der Waals surface area contributed by atoms with E-state index >= 15 is 0 Å². The highest BCUT2D eigenvalue weighted by Crippen LogP contribution is 2.25. The highest BCUT2D eigenvalue weighted by Gasteiger charge is 2.13.